The van der Waals surface area contributed by atoms with Gasteiger partial charge in [-0.2, -0.15) is 0 Å². The van der Waals surface area contributed by atoms with Gasteiger partial charge >= 0.3 is 0 Å². The maximum atomic E-state index is 13.7. The number of phenols is 2. The van der Waals surface area contributed by atoms with Crippen LogP contribution in [0.15, 0.2) is 36.1 Å². The molecule has 2 aromatic rings. The zero-order valence-corrected chi connectivity index (χ0v) is 11.2. The van der Waals surface area contributed by atoms with Gasteiger partial charge in [0.1, 0.15) is 5.82 Å². The average molecular weight is 307 g/mol. The van der Waals surface area contributed by atoms with E-state index in [4.69, 9.17) is 16.3 Å². The summed E-state index contributed by atoms with van der Waals surface area (Å²) in [6.45, 7) is 0. The highest BCUT2D eigenvalue weighted by Gasteiger charge is 2.31. The zero-order valence-electron chi connectivity index (χ0n) is 10.4. The van der Waals surface area contributed by atoms with Gasteiger partial charge in [-0.25, -0.2) is 4.39 Å². The summed E-state index contributed by atoms with van der Waals surface area (Å²) < 4.78 is 18.9. The molecular weight excluding hydrogens is 299 g/mol. The molecule has 3 rings (SSSR count). The lowest BCUT2D eigenvalue weighted by Gasteiger charge is -2.03. The first kappa shape index (κ1) is 13.5. The zero-order chi connectivity index (χ0) is 15.1. The molecular formula is C15H8ClFO4. The third-order valence-corrected chi connectivity index (χ3v) is 3.27. The van der Waals surface area contributed by atoms with E-state index in [0.29, 0.717) is 0 Å². The molecule has 21 heavy (non-hydrogen) atoms. The van der Waals surface area contributed by atoms with Gasteiger partial charge in [-0.3, -0.25) is 4.79 Å². The van der Waals surface area contributed by atoms with Crippen molar-refractivity contribution in [2.75, 3.05) is 0 Å². The maximum Gasteiger partial charge on any atom is 0.232 e. The second-order valence-electron chi connectivity index (χ2n) is 4.42. The fraction of sp³-hybridized carbons (Fsp3) is 0. The number of fused-ring (bicyclic) bond motifs is 1. The molecule has 2 N–H and O–H groups in total. The van der Waals surface area contributed by atoms with Crippen LogP contribution >= 0.6 is 11.6 Å². The molecule has 0 spiro atoms. The van der Waals surface area contributed by atoms with Gasteiger partial charge < -0.3 is 14.9 Å². The molecule has 0 bridgehead atoms. The number of phenolic OH excluding ortho intramolecular Hbond substituents is 2. The lowest BCUT2D eigenvalue weighted by molar-refractivity contribution is 0.101. The first-order chi connectivity index (χ1) is 9.97. The minimum atomic E-state index is -0.602. The summed E-state index contributed by atoms with van der Waals surface area (Å²) in [5.74, 6) is -2.32. The molecule has 0 aliphatic carbocycles. The highest BCUT2D eigenvalue weighted by atomic mass is 35.5. The quantitative estimate of drug-likeness (QED) is 0.625. The monoisotopic (exact) mass is 306 g/mol. The molecule has 0 aromatic heterocycles. The third kappa shape index (κ3) is 2.21. The van der Waals surface area contributed by atoms with Crippen LogP contribution in [0, 0.1) is 5.82 Å². The SMILES string of the molecule is O=C1/C(=C/c2ccc(Cl)cc2F)Oc2c1ccc(O)c2O. The second-order valence-corrected chi connectivity index (χ2v) is 4.85. The van der Waals surface area contributed by atoms with Gasteiger partial charge in [0, 0.05) is 10.6 Å². The number of hydrogen-bond donors (Lipinski definition) is 2. The number of aromatic hydroxyl groups is 2. The van der Waals surface area contributed by atoms with E-state index < -0.39 is 23.1 Å². The Morgan fingerprint density at radius 1 is 1.19 bits per heavy atom. The average Bonchev–Trinajstić information content (AvgIpc) is 2.75. The van der Waals surface area contributed by atoms with Gasteiger partial charge in [0.15, 0.2) is 17.3 Å². The number of hydrogen-bond acceptors (Lipinski definition) is 4. The minimum absolute atomic E-state index is 0.103. The van der Waals surface area contributed by atoms with E-state index in [1.165, 1.54) is 30.3 Å². The van der Waals surface area contributed by atoms with Crippen molar-refractivity contribution < 1.29 is 24.1 Å². The molecule has 6 heteroatoms. The van der Waals surface area contributed by atoms with Crippen LogP contribution in [0.5, 0.6) is 17.2 Å². The van der Waals surface area contributed by atoms with Crippen LogP contribution in [-0.2, 0) is 0 Å². The van der Waals surface area contributed by atoms with Crippen molar-refractivity contribution in [3.8, 4) is 17.2 Å². The molecule has 0 atom stereocenters. The van der Waals surface area contributed by atoms with E-state index in [0.717, 1.165) is 6.07 Å². The number of allylic oxidation sites excluding steroid dienone is 1. The Bertz CT molecular complexity index is 799. The van der Waals surface area contributed by atoms with Crippen LogP contribution in [0.25, 0.3) is 6.08 Å². The largest absolute Gasteiger partial charge is 0.504 e. The van der Waals surface area contributed by atoms with E-state index >= 15 is 0 Å². The van der Waals surface area contributed by atoms with Crippen LogP contribution in [0.4, 0.5) is 4.39 Å². The van der Waals surface area contributed by atoms with Crippen molar-refractivity contribution >= 4 is 23.5 Å². The number of rotatable bonds is 1. The number of carbonyl (C=O) groups is 1. The molecule has 2 aromatic carbocycles. The van der Waals surface area contributed by atoms with Gasteiger partial charge in [0.25, 0.3) is 0 Å². The van der Waals surface area contributed by atoms with Crippen LogP contribution < -0.4 is 4.74 Å². The Labute approximate surface area is 123 Å². The molecule has 0 amide bonds. The molecule has 0 saturated carbocycles. The summed E-state index contributed by atoms with van der Waals surface area (Å²) in [6, 6.07) is 6.51. The number of ketones is 1. The number of benzene rings is 2. The second kappa shape index (κ2) is 4.79. The van der Waals surface area contributed by atoms with Crippen molar-refractivity contribution in [1.82, 2.24) is 0 Å². The van der Waals surface area contributed by atoms with Crippen molar-refractivity contribution in [2.24, 2.45) is 0 Å². The van der Waals surface area contributed by atoms with Crippen molar-refractivity contribution in [1.29, 1.82) is 0 Å². The van der Waals surface area contributed by atoms with E-state index in [-0.39, 0.29) is 27.7 Å². The fourth-order valence-corrected chi connectivity index (χ4v) is 2.15. The number of ether oxygens (including phenoxy) is 1. The Morgan fingerprint density at radius 3 is 2.67 bits per heavy atom. The van der Waals surface area contributed by atoms with E-state index in [2.05, 4.69) is 0 Å². The van der Waals surface area contributed by atoms with Crippen LogP contribution in [0.1, 0.15) is 15.9 Å². The van der Waals surface area contributed by atoms with Gasteiger partial charge in [0.05, 0.1) is 5.56 Å². The Morgan fingerprint density at radius 2 is 1.95 bits per heavy atom. The van der Waals surface area contributed by atoms with Gasteiger partial charge in [0.2, 0.25) is 11.5 Å². The lowest BCUT2D eigenvalue weighted by Crippen LogP contribution is -1.98. The molecule has 1 aliphatic heterocycles. The predicted octanol–water partition coefficient (Wildman–Crippen LogP) is 3.51. The molecule has 1 aliphatic rings. The summed E-state index contributed by atoms with van der Waals surface area (Å²) >= 11 is 5.65. The van der Waals surface area contributed by atoms with Gasteiger partial charge in [-0.1, -0.05) is 17.7 Å². The van der Waals surface area contributed by atoms with E-state index in [9.17, 15) is 19.4 Å². The lowest BCUT2D eigenvalue weighted by atomic mass is 10.1. The molecule has 0 saturated heterocycles. The summed E-state index contributed by atoms with van der Waals surface area (Å²) in [4.78, 5) is 12.1. The maximum absolute atomic E-state index is 13.7. The van der Waals surface area contributed by atoms with E-state index in [1.54, 1.807) is 0 Å². The highest BCUT2D eigenvalue weighted by molar-refractivity contribution is 6.30. The van der Waals surface area contributed by atoms with Crippen LogP contribution in [-0.4, -0.2) is 16.0 Å². The smallest absolute Gasteiger partial charge is 0.232 e. The Balaban J connectivity index is 2.05. The Hall–Kier alpha value is -2.53. The topological polar surface area (TPSA) is 66.8 Å². The molecule has 0 fully saturated rings. The highest BCUT2D eigenvalue weighted by Crippen LogP contribution is 2.44. The number of halogens is 2. The molecule has 106 valence electrons. The van der Waals surface area contributed by atoms with Crippen LogP contribution in [0.2, 0.25) is 5.02 Å². The van der Waals surface area contributed by atoms with Crippen molar-refractivity contribution in [3.63, 3.8) is 0 Å². The standard InChI is InChI=1S/C15H8ClFO4/c16-8-2-1-7(10(17)6-8)5-12-13(19)9-3-4-11(18)14(20)15(9)21-12/h1-6,18,20H/b12-5-. The summed E-state index contributed by atoms with van der Waals surface area (Å²) in [7, 11) is 0. The Kier molecular flexibility index (Phi) is 3.07. The van der Waals surface area contributed by atoms with Crippen molar-refractivity contribution in [3.05, 3.63) is 58.1 Å². The van der Waals surface area contributed by atoms with Gasteiger partial charge in [-0.15, -0.1) is 0 Å². The first-order valence-electron chi connectivity index (χ1n) is 5.91. The normalized spacial score (nSPS) is 15.1. The van der Waals surface area contributed by atoms with Gasteiger partial charge in [-0.05, 0) is 30.3 Å². The molecule has 1 heterocycles. The molecule has 4 nitrogen and oxygen atoms in total. The minimum Gasteiger partial charge on any atom is -0.504 e. The van der Waals surface area contributed by atoms with Crippen LogP contribution in [0.3, 0.4) is 0 Å². The summed E-state index contributed by atoms with van der Waals surface area (Å²) in [5, 5.41) is 19.3. The van der Waals surface area contributed by atoms with E-state index in [1.807, 2.05) is 0 Å². The predicted molar refractivity (Wildman–Crippen MR) is 74.1 cm³/mol. The third-order valence-electron chi connectivity index (χ3n) is 3.04. The summed E-state index contributed by atoms with van der Waals surface area (Å²) in [6.07, 6.45) is 1.21. The first-order valence-corrected chi connectivity index (χ1v) is 6.29. The molecule has 0 unspecified atom stereocenters. The number of Topliss-reactive ketones (excluding diaryl/α,β-unsaturated/α-hetero) is 1. The fourth-order valence-electron chi connectivity index (χ4n) is 1.99. The van der Waals surface area contributed by atoms with Crippen molar-refractivity contribution in [2.45, 2.75) is 0 Å². The molecule has 0 radical (unpaired) electrons. The summed E-state index contributed by atoms with van der Waals surface area (Å²) in [5.41, 5.74) is 0.227. The number of carbonyl (C=O) groups excluding carboxylic acids is 1.